The third-order valence-corrected chi connectivity index (χ3v) is 2.64. The van der Waals surface area contributed by atoms with Crippen molar-refractivity contribution in [1.82, 2.24) is 5.32 Å². The molecule has 15 heavy (non-hydrogen) atoms. The van der Waals surface area contributed by atoms with Crippen molar-refractivity contribution in [2.45, 2.75) is 32.7 Å². The zero-order valence-electron chi connectivity index (χ0n) is 10.1. The lowest BCUT2D eigenvalue weighted by Crippen LogP contribution is -2.17. The van der Waals surface area contributed by atoms with Crippen LogP contribution in [0.5, 0.6) is 0 Å². The normalized spacial score (nSPS) is 13.7. The van der Waals surface area contributed by atoms with Crippen molar-refractivity contribution >= 4 is 6.08 Å². The third kappa shape index (κ3) is 3.88. The first-order valence-electron chi connectivity index (χ1n) is 5.59. The van der Waals surface area contributed by atoms with Crippen LogP contribution in [0.3, 0.4) is 0 Å². The predicted octanol–water partition coefficient (Wildman–Crippen LogP) is 3.43. The Labute approximate surface area is 93.2 Å². The molecule has 1 N–H and O–H groups in total. The molecule has 1 unspecified atom stereocenters. The van der Waals surface area contributed by atoms with Crippen molar-refractivity contribution in [2.75, 3.05) is 7.05 Å². The van der Waals surface area contributed by atoms with Crippen LogP contribution in [0, 0.1) is 0 Å². The zero-order valence-corrected chi connectivity index (χ0v) is 10.1. The highest BCUT2D eigenvalue weighted by Crippen LogP contribution is 2.15. The van der Waals surface area contributed by atoms with Gasteiger partial charge in [0.25, 0.3) is 0 Å². The molecule has 0 aliphatic carbocycles. The van der Waals surface area contributed by atoms with E-state index in [-0.39, 0.29) is 0 Å². The van der Waals surface area contributed by atoms with Gasteiger partial charge in [-0.2, -0.15) is 0 Å². The molecule has 1 nitrogen and oxygen atoms in total. The van der Waals surface area contributed by atoms with Gasteiger partial charge in [0.2, 0.25) is 0 Å². The fourth-order valence-corrected chi connectivity index (χ4v) is 1.34. The molecule has 1 rings (SSSR count). The topological polar surface area (TPSA) is 12.0 Å². The van der Waals surface area contributed by atoms with Crippen LogP contribution in [0.4, 0.5) is 0 Å². The summed E-state index contributed by atoms with van der Waals surface area (Å²) in [5.74, 6) is 0.610. The van der Waals surface area contributed by atoms with E-state index >= 15 is 0 Å². The van der Waals surface area contributed by atoms with Crippen LogP contribution in [-0.2, 0) is 0 Å². The summed E-state index contributed by atoms with van der Waals surface area (Å²) in [7, 11) is 1.97. The minimum absolute atomic E-state index is 0.426. The number of hydrogen-bond acceptors (Lipinski definition) is 1. The first kappa shape index (κ1) is 12.0. The van der Waals surface area contributed by atoms with Gasteiger partial charge in [-0.1, -0.05) is 50.3 Å². The van der Waals surface area contributed by atoms with Crippen LogP contribution in [-0.4, -0.2) is 13.1 Å². The molecule has 1 aromatic rings. The fourth-order valence-electron chi connectivity index (χ4n) is 1.34. The van der Waals surface area contributed by atoms with Gasteiger partial charge in [0.05, 0.1) is 0 Å². The van der Waals surface area contributed by atoms with Gasteiger partial charge >= 0.3 is 0 Å². The Kier molecular flexibility index (Phi) is 4.57. The van der Waals surface area contributed by atoms with E-state index in [9.17, 15) is 0 Å². The minimum Gasteiger partial charge on any atom is -0.314 e. The van der Waals surface area contributed by atoms with Gasteiger partial charge in [-0.3, -0.25) is 0 Å². The van der Waals surface area contributed by atoms with Crippen molar-refractivity contribution in [3.05, 3.63) is 41.5 Å². The molecule has 82 valence electrons. The Bertz CT molecular complexity index is 309. The van der Waals surface area contributed by atoms with Crippen LogP contribution in [0.1, 0.15) is 37.8 Å². The summed E-state index contributed by atoms with van der Waals surface area (Å²) in [6.45, 7) is 6.57. The quantitative estimate of drug-likeness (QED) is 0.790. The fraction of sp³-hybridized carbons (Fsp3) is 0.429. The highest BCUT2D eigenvalue weighted by Gasteiger charge is 1.97. The first-order chi connectivity index (χ1) is 7.13. The molecule has 0 bridgehead atoms. The van der Waals surface area contributed by atoms with Gasteiger partial charge in [-0.05, 0) is 31.0 Å². The van der Waals surface area contributed by atoms with Crippen molar-refractivity contribution in [3.63, 3.8) is 0 Å². The van der Waals surface area contributed by atoms with E-state index in [4.69, 9.17) is 0 Å². The number of rotatable bonds is 4. The standard InChI is InChI=1S/C14H21N/c1-11(2)14-9-7-13(8-10-14)6-5-12(3)15-4/h5-12,15H,1-4H3/b6-5+. The second kappa shape index (κ2) is 5.72. The molecule has 0 aliphatic rings. The molecule has 0 saturated heterocycles. The van der Waals surface area contributed by atoms with Crippen LogP contribution >= 0.6 is 0 Å². The molecule has 0 spiro atoms. The van der Waals surface area contributed by atoms with Crippen molar-refractivity contribution in [3.8, 4) is 0 Å². The number of hydrogen-bond donors (Lipinski definition) is 1. The SMILES string of the molecule is CNC(C)/C=C/c1ccc(C(C)C)cc1. The van der Waals surface area contributed by atoms with Crippen LogP contribution < -0.4 is 5.32 Å². The lowest BCUT2D eigenvalue weighted by atomic mass is 10.0. The average Bonchev–Trinajstić information content (AvgIpc) is 2.26. The molecule has 0 aromatic heterocycles. The van der Waals surface area contributed by atoms with Crippen molar-refractivity contribution in [2.24, 2.45) is 0 Å². The van der Waals surface area contributed by atoms with Crippen LogP contribution in [0.2, 0.25) is 0 Å². The monoisotopic (exact) mass is 203 g/mol. The lowest BCUT2D eigenvalue weighted by Gasteiger charge is -2.05. The predicted molar refractivity (Wildman–Crippen MR) is 68.1 cm³/mol. The van der Waals surface area contributed by atoms with E-state index in [0.29, 0.717) is 12.0 Å². The minimum atomic E-state index is 0.426. The lowest BCUT2D eigenvalue weighted by molar-refractivity contribution is 0.731. The average molecular weight is 203 g/mol. The van der Waals surface area contributed by atoms with E-state index < -0.39 is 0 Å². The van der Waals surface area contributed by atoms with Gasteiger partial charge in [-0.25, -0.2) is 0 Å². The van der Waals surface area contributed by atoms with Gasteiger partial charge < -0.3 is 5.32 Å². The number of nitrogens with one attached hydrogen (secondary N) is 1. The summed E-state index contributed by atoms with van der Waals surface area (Å²) in [4.78, 5) is 0. The summed E-state index contributed by atoms with van der Waals surface area (Å²) in [5, 5.41) is 3.18. The van der Waals surface area contributed by atoms with E-state index in [1.54, 1.807) is 0 Å². The Morgan fingerprint density at radius 3 is 2.13 bits per heavy atom. The molecule has 0 radical (unpaired) electrons. The van der Waals surface area contributed by atoms with E-state index in [1.807, 2.05) is 7.05 Å². The summed E-state index contributed by atoms with van der Waals surface area (Å²) >= 11 is 0. The van der Waals surface area contributed by atoms with Gasteiger partial charge in [0.15, 0.2) is 0 Å². The molecule has 1 atom stereocenters. The molecular formula is C14H21N. The van der Waals surface area contributed by atoms with E-state index in [1.165, 1.54) is 11.1 Å². The van der Waals surface area contributed by atoms with Gasteiger partial charge in [0, 0.05) is 6.04 Å². The maximum absolute atomic E-state index is 3.18. The van der Waals surface area contributed by atoms with E-state index in [2.05, 4.69) is 62.5 Å². The molecular weight excluding hydrogens is 182 g/mol. The number of likely N-dealkylation sites (N-methyl/N-ethyl adjacent to an activating group) is 1. The maximum Gasteiger partial charge on any atom is 0.0221 e. The maximum atomic E-state index is 3.18. The molecule has 0 fully saturated rings. The molecule has 0 saturated carbocycles. The van der Waals surface area contributed by atoms with Crippen LogP contribution in [0.15, 0.2) is 30.3 Å². The summed E-state index contributed by atoms with van der Waals surface area (Å²) in [6, 6.07) is 9.18. The second-order valence-electron chi connectivity index (χ2n) is 4.26. The molecule has 1 heteroatoms. The highest BCUT2D eigenvalue weighted by molar-refractivity contribution is 5.50. The highest BCUT2D eigenvalue weighted by atomic mass is 14.8. The first-order valence-corrected chi connectivity index (χ1v) is 5.59. The zero-order chi connectivity index (χ0) is 11.3. The Hall–Kier alpha value is -1.08. The molecule has 0 aliphatic heterocycles. The summed E-state index contributed by atoms with van der Waals surface area (Å²) in [5.41, 5.74) is 2.66. The Morgan fingerprint density at radius 2 is 1.67 bits per heavy atom. The van der Waals surface area contributed by atoms with Crippen LogP contribution in [0.25, 0.3) is 6.08 Å². The molecule has 1 aromatic carbocycles. The smallest absolute Gasteiger partial charge is 0.0221 e. The molecule has 0 heterocycles. The van der Waals surface area contributed by atoms with E-state index in [0.717, 1.165) is 0 Å². The van der Waals surface area contributed by atoms with Gasteiger partial charge in [-0.15, -0.1) is 0 Å². The summed E-state index contributed by atoms with van der Waals surface area (Å²) in [6.07, 6.45) is 4.33. The second-order valence-corrected chi connectivity index (χ2v) is 4.26. The Morgan fingerprint density at radius 1 is 1.07 bits per heavy atom. The largest absolute Gasteiger partial charge is 0.314 e. The van der Waals surface area contributed by atoms with Crippen molar-refractivity contribution < 1.29 is 0 Å². The number of benzene rings is 1. The third-order valence-electron chi connectivity index (χ3n) is 2.64. The van der Waals surface area contributed by atoms with Gasteiger partial charge in [0.1, 0.15) is 0 Å². The molecule has 0 amide bonds. The summed E-state index contributed by atoms with van der Waals surface area (Å²) < 4.78 is 0. The van der Waals surface area contributed by atoms with Crippen molar-refractivity contribution in [1.29, 1.82) is 0 Å². The Balaban J connectivity index is 2.68.